The van der Waals surface area contributed by atoms with Crippen molar-refractivity contribution in [3.63, 3.8) is 0 Å². The van der Waals surface area contributed by atoms with Crippen LogP contribution in [0.2, 0.25) is 0 Å². The minimum absolute atomic E-state index is 0.00797. The topological polar surface area (TPSA) is 46.5 Å². The van der Waals surface area contributed by atoms with Gasteiger partial charge in [-0.2, -0.15) is 0 Å². The van der Waals surface area contributed by atoms with Crippen LogP contribution in [0, 0.1) is 11.8 Å². The Morgan fingerprint density at radius 1 is 0.724 bits per heavy atom. The molecule has 0 amide bonds. The molecule has 0 aromatic rings. The average Bonchev–Trinajstić information content (AvgIpc) is 2.67. The highest BCUT2D eigenvalue weighted by Crippen LogP contribution is 2.14. The molecule has 3 heteroatoms. The van der Waals surface area contributed by atoms with Gasteiger partial charge in [0, 0.05) is 13.0 Å². The zero-order valence-electron chi connectivity index (χ0n) is 20.6. The highest BCUT2D eigenvalue weighted by Gasteiger charge is 2.02. The second-order valence-electron chi connectivity index (χ2n) is 9.09. The molecule has 0 aromatic carbocycles. The van der Waals surface area contributed by atoms with E-state index in [-0.39, 0.29) is 5.97 Å². The molecule has 0 bridgehead atoms. The molecule has 0 rings (SSSR count). The molecule has 29 heavy (non-hydrogen) atoms. The Balaban J connectivity index is 0. The van der Waals surface area contributed by atoms with Gasteiger partial charge in [-0.05, 0) is 31.1 Å². The van der Waals surface area contributed by atoms with Crippen molar-refractivity contribution in [2.24, 2.45) is 11.8 Å². The van der Waals surface area contributed by atoms with E-state index < -0.39 is 0 Å². The summed E-state index contributed by atoms with van der Waals surface area (Å²) in [5.74, 6) is 1.53. The zero-order valence-corrected chi connectivity index (χ0v) is 20.6. The molecule has 0 heterocycles. The van der Waals surface area contributed by atoms with E-state index in [4.69, 9.17) is 9.84 Å². The SMILES string of the molecule is CC(C)CCCC(C)CCO.CCCCCCCCCCCC(=O)OCCCC. The lowest BCUT2D eigenvalue weighted by Gasteiger charge is -2.09. The lowest BCUT2D eigenvalue weighted by Crippen LogP contribution is -2.05. The number of aliphatic hydroxyl groups excluding tert-OH is 1. The molecule has 0 radical (unpaired) electrons. The number of carbonyl (C=O) groups is 1. The standard InChI is InChI=1S/C16H32O2.C10H22O/c1-3-5-7-8-9-10-11-12-13-14-16(17)18-15-6-4-2;1-9(2)5-4-6-10(3)7-8-11/h3-15H2,1-2H3;9-11H,4-8H2,1-3H3. The number of ether oxygens (including phenoxy) is 1. The van der Waals surface area contributed by atoms with Crippen molar-refractivity contribution in [3.8, 4) is 0 Å². The first kappa shape index (κ1) is 30.6. The molecule has 0 saturated carbocycles. The number of hydrogen-bond donors (Lipinski definition) is 1. The molecule has 3 nitrogen and oxygen atoms in total. The molecule has 1 unspecified atom stereocenters. The summed E-state index contributed by atoms with van der Waals surface area (Å²) < 4.78 is 5.12. The normalized spacial score (nSPS) is 11.8. The summed E-state index contributed by atoms with van der Waals surface area (Å²) >= 11 is 0. The predicted octanol–water partition coefficient (Wildman–Crippen LogP) is 8.08. The number of hydrogen-bond acceptors (Lipinski definition) is 3. The van der Waals surface area contributed by atoms with E-state index in [0.29, 0.717) is 25.6 Å². The summed E-state index contributed by atoms with van der Waals surface area (Å²) in [5, 5.41) is 8.65. The number of carbonyl (C=O) groups excluding carboxylic acids is 1. The van der Waals surface area contributed by atoms with Gasteiger partial charge in [0.15, 0.2) is 0 Å². The maximum Gasteiger partial charge on any atom is 0.305 e. The molecule has 0 fully saturated rings. The van der Waals surface area contributed by atoms with Crippen LogP contribution in [0.1, 0.15) is 137 Å². The molecule has 176 valence electrons. The molecule has 0 spiro atoms. The van der Waals surface area contributed by atoms with Gasteiger partial charge in [0.05, 0.1) is 6.61 Å². The lowest BCUT2D eigenvalue weighted by atomic mass is 9.98. The van der Waals surface area contributed by atoms with E-state index in [9.17, 15) is 4.79 Å². The molecule has 0 aliphatic carbocycles. The Labute approximate surface area is 183 Å². The summed E-state index contributed by atoms with van der Waals surface area (Å²) in [6.45, 7) is 12.0. The Bertz CT molecular complexity index is 315. The highest BCUT2D eigenvalue weighted by molar-refractivity contribution is 5.69. The van der Waals surface area contributed by atoms with E-state index >= 15 is 0 Å². The summed E-state index contributed by atoms with van der Waals surface area (Å²) in [4.78, 5) is 11.3. The van der Waals surface area contributed by atoms with E-state index in [2.05, 4.69) is 34.6 Å². The van der Waals surface area contributed by atoms with E-state index in [1.54, 1.807) is 0 Å². The van der Waals surface area contributed by atoms with Crippen LogP contribution in [0.4, 0.5) is 0 Å². The van der Waals surface area contributed by atoms with Crippen molar-refractivity contribution in [1.29, 1.82) is 0 Å². The second kappa shape index (κ2) is 25.5. The summed E-state index contributed by atoms with van der Waals surface area (Å²) in [6, 6.07) is 0. The molecule has 0 aromatic heterocycles. The van der Waals surface area contributed by atoms with Crippen molar-refractivity contribution >= 4 is 5.97 Å². The van der Waals surface area contributed by atoms with Crippen LogP contribution in [0.15, 0.2) is 0 Å². The summed E-state index contributed by atoms with van der Waals surface area (Å²) in [6.07, 6.45) is 19.2. The van der Waals surface area contributed by atoms with Crippen LogP contribution in [0.25, 0.3) is 0 Å². The van der Waals surface area contributed by atoms with Crippen LogP contribution >= 0.6 is 0 Å². The molecule has 1 atom stereocenters. The number of aliphatic hydroxyl groups is 1. The smallest absolute Gasteiger partial charge is 0.305 e. The Hall–Kier alpha value is -0.570. The zero-order chi connectivity index (χ0) is 22.2. The largest absolute Gasteiger partial charge is 0.466 e. The molecule has 1 N–H and O–H groups in total. The minimum Gasteiger partial charge on any atom is -0.466 e. The highest BCUT2D eigenvalue weighted by atomic mass is 16.5. The van der Waals surface area contributed by atoms with Crippen molar-refractivity contribution in [3.05, 3.63) is 0 Å². The van der Waals surface area contributed by atoms with Crippen molar-refractivity contribution in [2.75, 3.05) is 13.2 Å². The van der Waals surface area contributed by atoms with Crippen molar-refractivity contribution in [2.45, 2.75) is 137 Å². The van der Waals surface area contributed by atoms with Gasteiger partial charge in [-0.3, -0.25) is 4.79 Å². The monoisotopic (exact) mass is 414 g/mol. The van der Waals surface area contributed by atoms with Gasteiger partial charge in [0.2, 0.25) is 0 Å². The van der Waals surface area contributed by atoms with Crippen molar-refractivity contribution < 1.29 is 14.6 Å². The first-order valence-corrected chi connectivity index (χ1v) is 12.7. The third kappa shape index (κ3) is 29.7. The van der Waals surface area contributed by atoms with Gasteiger partial charge in [-0.1, -0.05) is 112 Å². The Morgan fingerprint density at radius 3 is 1.79 bits per heavy atom. The molecule has 0 saturated heterocycles. The van der Waals surface area contributed by atoms with Crippen LogP contribution < -0.4 is 0 Å². The van der Waals surface area contributed by atoms with Gasteiger partial charge >= 0.3 is 5.97 Å². The Morgan fingerprint density at radius 2 is 1.28 bits per heavy atom. The molecular weight excluding hydrogens is 360 g/mol. The summed E-state index contributed by atoms with van der Waals surface area (Å²) in [7, 11) is 0. The van der Waals surface area contributed by atoms with Gasteiger partial charge in [-0.25, -0.2) is 0 Å². The fourth-order valence-electron chi connectivity index (χ4n) is 3.22. The van der Waals surface area contributed by atoms with Gasteiger partial charge < -0.3 is 9.84 Å². The van der Waals surface area contributed by atoms with Crippen LogP contribution in [-0.4, -0.2) is 24.3 Å². The van der Waals surface area contributed by atoms with Gasteiger partial charge in [0.25, 0.3) is 0 Å². The maximum absolute atomic E-state index is 11.3. The average molecular weight is 415 g/mol. The van der Waals surface area contributed by atoms with E-state index in [0.717, 1.165) is 31.6 Å². The Kier molecular flexibility index (Phi) is 26.9. The summed E-state index contributed by atoms with van der Waals surface area (Å²) in [5.41, 5.74) is 0. The first-order chi connectivity index (χ1) is 14.0. The fraction of sp³-hybridized carbons (Fsp3) is 0.962. The molecule has 0 aliphatic rings. The third-order valence-electron chi connectivity index (χ3n) is 5.35. The number of rotatable bonds is 19. The van der Waals surface area contributed by atoms with Crippen molar-refractivity contribution in [1.82, 2.24) is 0 Å². The van der Waals surface area contributed by atoms with E-state index in [1.807, 2.05) is 0 Å². The second-order valence-corrected chi connectivity index (χ2v) is 9.09. The van der Waals surface area contributed by atoms with E-state index in [1.165, 1.54) is 70.6 Å². The quantitative estimate of drug-likeness (QED) is 0.172. The van der Waals surface area contributed by atoms with Gasteiger partial charge in [-0.15, -0.1) is 0 Å². The van der Waals surface area contributed by atoms with Gasteiger partial charge in [0.1, 0.15) is 0 Å². The first-order valence-electron chi connectivity index (χ1n) is 12.7. The maximum atomic E-state index is 11.3. The predicted molar refractivity (Wildman–Crippen MR) is 127 cm³/mol. The molecular formula is C26H54O3. The third-order valence-corrected chi connectivity index (χ3v) is 5.35. The lowest BCUT2D eigenvalue weighted by molar-refractivity contribution is -0.143. The number of esters is 1. The molecule has 0 aliphatic heterocycles. The minimum atomic E-state index is -0.00797. The van der Waals surface area contributed by atoms with Crippen LogP contribution in [0.5, 0.6) is 0 Å². The fourth-order valence-corrected chi connectivity index (χ4v) is 3.22. The van der Waals surface area contributed by atoms with Crippen LogP contribution in [-0.2, 0) is 9.53 Å². The van der Waals surface area contributed by atoms with Crippen LogP contribution in [0.3, 0.4) is 0 Å². The number of unbranched alkanes of at least 4 members (excludes halogenated alkanes) is 9.